The zero-order valence-electron chi connectivity index (χ0n) is 24.9. The first kappa shape index (κ1) is 32.0. The Morgan fingerprint density at radius 1 is 1.05 bits per heavy atom. The molecular weight excluding hydrogens is 498 g/mol. The molecule has 2 rings (SSSR count). The summed E-state index contributed by atoms with van der Waals surface area (Å²) < 4.78 is 5.48. The Morgan fingerprint density at radius 2 is 1.68 bits per heavy atom. The van der Waals surface area contributed by atoms with Gasteiger partial charge in [0, 0.05) is 11.6 Å². The average molecular weight is 548 g/mol. The van der Waals surface area contributed by atoms with Crippen LogP contribution in [0.15, 0.2) is 18.2 Å². The summed E-state index contributed by atoms with van der Waals surface area (Å²) in [6, 6.07) is 4.47. The van der Waals surface area contributed by atoms with E-state index in [0.717, 1.165) is 42.4 Å². The van der Waals surface area contributed by atoms with E-state index < -0.39 is 29.3 Å². The molecule has 2 atom stereocenters. The lowest BCUT2D eigenvalue weighted by Gasteiger charge is -2.44. The first-order valence-corrected chi connectivity index (χ1v) is 15.2. The normalized spacial score (nSPS) is 16.3. The molecule has 1 aromatic rings. The molecule has 0 spiro atoms. The lowest BCUT2D eigenvalue weighted by molar-refractivity contribution is -0.148. The number of alkyl carbamates (subject to hydrolysis) is 1. The summed E-state index contributed by atoms with van der Waals surface area (Å²) in [7, 11) is 0. The summed E-state index contributed by atoms with van der Waals surface area (Å²) in [6.07, 6.45) is 7.03. The van der Waals surface area contributed by atoms with Crippen LogP contribution in [-0.2, 0) is 14.3 Å². The van der Waals surface area contributed by atoms with Gasteiger partial charge in [0.05, 0.1) is 0 Å². The van der Waals surface area contributed by atoms with Crippen LogP contribution in [0.1, 0.15) is 103 Å². The van der Waals surface area contributed by atoms with Crippen LogP contribution >= 0.6 is 11.8 Å². The number of rotatable bonds is 9. The third kappa shape index (κ3) is 9.51. The first-order chi connectivity index (χ1) is 17.6. The van der Waals surface area contributed by atoms with Gasteiger partial charge in [0.2, 0.25) is 11.8 Å². The molecule has 38 heavy (non-hydrogen) atoms. The SMILES string of the molecule is CSCCC(NC(=O)OC(C)(C)C)C(=O)N(C(C(=O)NC1CCCCC1)c1cc(C)ccc1C)C(C)(C)C. The molecule has 2 unspecified atom stereocenters. The molecule has 1 aliphatic rings. The topological polar surface area (TPSA) is 87.7 Å². The molecule has 1 aliphatic carbocycles. The summed E-state index contributed by atoms with van der Waals surface area (Å²) >= 11 is 1.60. The van der Waals surface area contributed by atoms with Gasteiger partial charge in [-0.2, -0.15) is 11.8 Å². The van der Waals surface area contributed by atoms with Crippen LogP contribution in [0, 0.1) is 13.8 Å². The minimum absolute atomic E-state index is 0.105. The molecule has 3 amide bonds. The van der Waals surface area contributed by atoms with Gasteiger partial charge in [0.25, 0.3) is 0 Å². The summed E-state index contributed by atoms with van der Waals surface area (Å²) in [5.74, 6) is 0.212. The van der Waals surface area contributed by atoms with Crippen LogP contribution in [0.3, 0.4) is 0 Å². The van der Waals surface area contributed by atoms with E-state index in [2.05, 4.69) is 10.6 Å². The summed E-state index contributed by atoms with van der Waals surface area (Å²) in [4.78, 5) is 42.9. The first-order valence-electron chi connectivity index (χ1n) is 13.8. The Labute approximate surface area is 234 Å². The largest absolute Gasteiger partial charge is 0.444 e. The number of benzene rings is 1. The third-order valence-corrected chi connectivity index (χ3v) is 7.39. The number of aryl methyl sites for hydroxylation is 2. The minimum atomic E-state index is -0.832. The Bertz CT molecular complexity index is 961. The molecule has 1 saturated carbocycles. The van der Waals surface area contributed by atoms with E-state index in [9.17, 15) is 14.4 Å². The van der Waals surface area contributed by atoms with E-state index in [1.54, 1.807) is 37.4 Å². The summed E-state index contributed by atoms with van der Waals surface area (Å²) in [5, 5.41) is 6.09. The number of hydrogen-bond acceptors (Lipinski definition) is 5. The van der Waals surface area contributed by atoms with E-state index in [4.69, 9.17) is 4.74 Å². The molecule has 7 nitrogen and oxygen atoms in total. The van der Waals surface area contributed by atoms with E-state index >= 15 is 0 Å². The lowest BCUT2D eigenvalue weighted by atomic mass is 9.90. The van der Waals surface area contributed by atoms with Crippen LogP contribution in [0.25, 0.3) is 0 Å². The number of thioether (sulfide) groups is 1. The van der Waals surface area contributed by atoms with Crippen LogP contribution in [-0.4, -0.2) is 58.0 Å². The van der Waals surface area contributed by atoms with Crippen molar-refractivity contribution in [2.24, 2.45) is 0 Å². The number of nitrogens with one attached hydrogen (secondary N) is 2. The van der Waals surface area contributed by atoms with E-state index in [1.165, 1.54) is 6.42 Å². The molecule has 8 heteroatoms. The van der Waals surface area contributed by atoms with Crippen LogP contribution in [0.2, 0.25) is 0 Å². The van der Waals surface area contributed by atoms with Gasteiger partial charge in [0.1, 0.15) is 17.7 Å². The Kier molecular flexibility index (Phi) is 11.6. The quantitative estimate of drug-likeness (QED) is 0.392. The van der Waals surface area contributed by atoms with Crippen molar-refractivity contribution >= 4 is 29.7 Å². The third-order valence-electron chi connectivity index (χ3n) is 6.75. The number of amides is 3. The second-order valence-corrected chi connectivity index (χ2v) is 13.5. The van der Waals surface area contributed by atoms with Gasteiger partial charge in [-0.25, -0.2) is 4.79 Å². The predicted molar refractivity (Wildman–Crippen MR) is 156 cm³/mol. The molecule has 1 fully saturated rings. The van der Waals surface area contributed by atoms with Crippen molar-refractivity contribution in [3.05, 3.63) is 34.9 Å². The highest BCUT2D eigenvalue weighted by atomic mass is 32.2. The van der Waals surface area contributed by atoms with Crippen LogP contribution in [0.4, 0.5) is 4.79 Å². The maximum atomic E-state index is 14.4. The van der Waals surface area contributed by atoms with Gasteiger partial charge in [-0.1, -0.05) is 43.0 Å². The lowest BCUT2D eigenvalue weighted by Crippen LogP contribution is -2.59. The fraction of sp³-hybridized carbons (Fsp3) is 0.700. The molecular formula is C30H49N3O4S. The fourth-order valence-corrected chi connectivity index (χ4v) is 5.41. The number of carbonyl (C=O) groups is 3. The zero-order valence-corrected chi connectivity index (χ0v) is 25.7. The monoisotopic (exact) mass is 547 g/mol. The Hall–Kier alpha value is -2.22. The minimum Gasteiger partial charge on any atom is -0.444 e. The molecule has 0 aliphatic heterocycles. The molecule has 1 aromatic carbocycles. The Morgan fingerprint density at radius 3 is 2.24 bits per heavy atom. The van der Waals surface area contributed by atoms with Crippen molar-refractivity contribution < 1.29 is 19.1 Å². The smallest absolute Gasteiger partial charge is 0.408 e. The predicted octanol–water partition coefficient (Wildman–Crippen LogP) is 6.07. The Balaban J connectivity index is 2.55. The van der Waals surface area contributed by atoms with E-state index in [0.29, 0.717) is 12.2 Å². The maximum Gasteiger partial charge on any atom is 0.408 e. The molecule has 0 saturated heterocycles. The van der Waals surface area contributed by atoms with Crippen LogP contribution < -0.4 is 10.6 Å². The highest BCUT2D eigenvalue weighted by Gasteiger charge is 2.42. The second kappa shape index (κ2) is 13.7. The molecule has 0 aromatic heterocycles. The number of hydrogen-bond donors (Lipinski definition) is 2. The van der Waals surface area contributed by atoms with Gasteiger partial charge in [-0.15, -0.1) is 0 Å². The van der Waals surface area contributed by atoms with E-state index in [-0.39, 0.29) is 17.9 Å². The van der Waals surface area contributed by atoms with Crippen molar-refractivity contribution in [3.8, 4) is 0 Å². The standard InChI is InChI=1S/C30H49N3O4S/c1-20-15-16-21(2)23(19-20)25(26(34)31-22-13-11-10-12-14-22)33(29(3,4)5)27(35)24(17-18-38-9)32-28(36)37-30(6,7)8/h15-16,19,22,24-25H,10-14,17-18H2,1-9H3,(H,31,34)(H,32,36). The van der Waals surface area contributed by atoms with Crippen molar-refractivity contribution in [1.82, 2.24) is 15.5 Å². The number of carbonyl (C=O) groups excluding carboxylic acids is 3. The molecule has 0 radical (unpaired) electrons. The second-order valence-electron chi connectivity index (χ2n) is 12.5. The number of ether oxygens (including phenoxy) is 1. The van der Waals surface area contributed by atoms with Gasteiger partial charge in [-0.3, -0.25) is 9.59 Å². The zero-order chi connectivity index (χ0) is 28.7. The molecule has 0 bridgehead atoms. The average Bonchev–Trinajstić information content (AvgIpc) is 2.80. The fourth-order valence-electron chi connectivity index (χ4n) is 4.94. The van der Waals surface area contributed by atoms with Crippen molar-refractivity contribution in [3.63, 3.8) is 0 Å². The van der Waals surface area contributed by atoms with E-state index in [1.807, 2.05) is 59.1 Å². The van der Waals surface area contributed by atoms with Crippen molar-refractivity contribution in [2.45, 2.75) is 123 Å². The van der Waals surface area contributed by atoms with Gasteiger partial charge in [-0.05, 0) is 97.8 Å². The molecule has 0 heterocycles. The van der Waals surface area contributed by atoms with Crippen LogP contribution in [0.5, 0.6) is 0 Å². The van der Waals surface area contributed by atoms with Gasteiger partial charge >= 0.3 is 6.09 Å². The highest BCUT2D eigenvalue weighted by molar-refractivity contribution is 7.98. The van der Waals surface area contributed by atoms with Crippen molar-refractivity contribution in [1.29, 1.82) is 0 Å². The number of nitrogens with zero attached hydrogens (tertiary/aromatic N) is 1. The van der Waals surface area contributed by atoms with Gasteiger partial charge < -0.3 is 20.3 Å². The highest BCUT2D eigenvalue weighted by Crippen LogP contribution is 2.33. The molecule has 214 valence electrons. The summed E-state index contributed by atoms with van der Waals surface area (Å²) in [6.45, 7) is 15.2. The van der Waals surface area contributed by atoms with Gasteiger partial charge in [0.15, 0.2) is 0 Å². The molecule has 2 N–H and O–H groups in total. The van der Waals surface area contributed by atoms with Crippen molar-refractivity contribution in [2.75, 3.05) is 12.0 Å². The summed E-state index contributed by atoms with van der Waals surface area (Å²) in [5.41, 5.74) is 1.38. The maximum absolute atomic E-state index is 14.4.